The molecule has 2 rings (SSSR count). The first-order valence-electron chi connectivity index (χ1n) is 7.61. The van der Waals surface area contributed by atoms with Gasteiger partial charge in [-0.15, -0.1) is 11.3 Å². The summed E-state index contributed by atoms with van der Waals surface area (Å²) in [7, 11) is 0. The Kier molecular flexibility index (Phi) is 5.78. The Labute approximate surface area is 149 Å². The van der Waals surface area contributed by atoms with E-state index in [1.165, 1.54) is 12.2 Å². The highest BCUT2D eigenvalue weighted by Crippen LogP contribution is 2.33. The maximum absolute atomic E-state index is 12.1. The minimum absolute atomic E-state index is 0.260. The van der Waals surface area contributed by atoms with E-state index in [1.807, 2.05) is 13.0 Å². The van der Waals surface area contributed by atoms with Crippen molar-refractivity contribution in [2.24, 2.45) is 0 Å². The van der Waals surface area contributed by atoms with Crippen molar-refractivity contribution < 1.29 is 18.7 Å². The maximum atomic E-state index is 12.1. The SMILES string of the molecule is Cc1ccc(/C=C/C(=O)Nc2sc(C(=O)OC(C)C)c(C)c2C#N)o1. The summed E-state index contributed by atoms with van der Waals surface area (Å²) < 4.78 is 10.5. The van der Waals surface area contributed by atoms with Crippen LogP contribution in [0.5, 0.6) is 0 Å². The Morgan fingerprint density at radius 2 is 2.08 bits per heavy atom. The zero-order chi connectivity index (χ0) is 18.6. The first-order valence-corrected chi connectivity index (χ1v) is 8.43. The van der Waals surface area contributed by atoms with Gasteiger partial charge in [-0.3, -0.25) is 4.79 Å². The van der Waals surface area contributed by atoms with Gasteiger partial charge in [-0.25, -0.2) is 4.79 Å². The number of nitrogens with one attached hydrogen (secondary N) is 1. The van der Waals surface area contributed by atoms with Gasteiger partial charge in [-0.2, -0.15) is 5.26 Å². The molecule has 0 aliphatic rings. The second kappa shape index (κ2) is 7.81. The average Bonchev–Trinajstić information content (AvgIpc) is 3.08. The van der Waals surface area contributed by atoms with E-state index < -0.39 is 11.9 Å². The largest absolute Gasteiger partial charge is 0.462 e. The van der Waals surface area contributed by atoms with Gasteiger partial charge in [-0.05, 0) is 51.5 Å². The maximum Gasteiger partial charge on any atom is 0.348 e. The molecule has 7 heteroatoms. The predicted octanol–water partition coefficient (Wildman–Crippen LogP) is 4.05. The number of ether oxygens (including phenoxy) is 1. The Hall–Kier alpha value is -2.85. The fourth-order valence-corrected chi connectivity index (χ4v) is 3.10. The summed E-state index contributed by atoms with van der Waals surface area (Å²) in [5.74, 6) is 0.373. The number of thiophene rings is 1. The van der Waals surface area contributed by atoms with Gasteiger partial charge in [-0.1, -0.05) is 0 Å². The van der Waals surface area contributed by atoms with Crippen molar-refractivity contribution in [3.05, 3.63) is 45.7 Å². The van der Waals surface area contributed by atoms with Gasteiger partial charge in [0, 0.05) is 6.08 Å². The highest BCUT2D eigenvalue weighted by atomic mass is 32.1. The van der Waals surface area contributed by atoms with Gasteiger partial charge in [0.15, 0.2) is 0 Å². The molecule has 0 saturated carbocycles. The number of carbonyl (C=O) groups is 2. The van der Waals surface area contributed by atoms with Crippen LogP contribution >= 0.6 is 11.3 Å². The number of esters is 1. The third-order valence-corrected chi connectivity index (χ3v) is 4.37. The molecule has 1 amide bonds. The number of hydrogen-bond donors (Lipinski definition) is 1. The zero-order valence-electron chi connectivity index (χ0n) is 14.4. The highest BCUT2D eigenvalue weighted by Gasteiger charge is 2.22. The van der Waals surface area contributed by atoms with Gasteiger partial charge >= 0.3 is 5.97 Å². The summed E-state index contributed by atoms with van der Waals surface area (Å²) in [5.41, 5.74) is 0.760. The molecule has 2 aromatic heterocycles. The molecule has 1 N–H and O–H groups in total. The van der Waals surface area contributed by atoms with Gasteiger partial charge in [0.2, 0.25) is 5.91 Å². The van der Waals surface area contributed by atoms with Crippen LogP contribution in [-0.4, -0.2) is 18.0 Å². The fourth-order valence-electron chi connectivity index (χ4n) is 2.05. The Morgan fingerprint density at radius 3 is 2.64 bits per heavy atom. The van der Waals surface area contributed by atoms with Crippen molar-refractivity contribution in [2.75, 3.05) is 5.32 Å². The van der Waals surface area contributed by atoms with Crippen LogP contribution in [0, 0.1) is 25.2 Å². The zero-order valence-corrected chi connectivity index (χ0v) is 15.2. The van der Waals surface area contributed by atoms with Crippen LogP contribution in [0.2, 0.25) is 0 Å². The van der Waals surface area contributed by atoms with Crippen molar-refractivity contribution in [1.82, 2.24) is 0 Å². The van der Waals surface area contributed by atoms with E-state index in [9.17, 15) is 14.9 Å². The predicted molar refractivity (Wildman–Crippen MR) is 95.4 cm³/mol. The lowest BCUT2D eigenvalue weighted by Crippen LogP contribution is -2.11. The van der Waals surface area contributed by atoms with E-state index in [1.54, 1.807) is 32.9 Å². The van der Waals surface area contributed by atoms with Crippen molar-refractivity contribution in [3.8, 4) is 6.07 Å². The molecule has 2 aromatic rings. The first-order chi connectivity index (χ1) is 11.8. The summed E-state index contributed by atoms with van der Waals surface area (Å²) in [4.78, 5) is 24.5. The number of carbonyl (C=O) groups excluding carboxylic acids is 2. The molecule has 0 aromatic carbocycles. The van der Waals surface area contributed by atoms with Crippen LogP contribution in [0.15, 0.2) is 22.6 Å². The summed E-state index contributed by atoms with van der Waals surface area (Å²) in [6, 6.07) is 5.56. The molecule has 130 valence electrons. The van der Waals surface area contributed by atoms with Crippen LogP contribution in [-0.2, 0) is 9.53 Å². The van der Waals surface area contributed by atoms with Crippen LogP contribution in [0.25, 0.3) is 6.08 Å². The lowest BCUT2D eigenvalue weighted by Gasteiger charge is -2.06. The third kappa shape index (κ3) is 4.58. The average molecular weight is 358 g/mol. The molecular formula is C18H18N2O4S. The van der Waals surface area contributed by atoms with Crippen molar-refractivity contribution in [2.45, 2.75) is 33.8 Å². The van der Waals surface area contributed by atoms with Crippen molar-refractivity contribution >= 4 is 34.3 Å². The standard InChI is InChI=1S/C18H18N2O4S/c1-10(2)23-18(22)16-12(4)14(9-19)17(25-16)20-15(21)8-7-13-6-5-11(3)24-13/h5-8,10H,1-4H3,(H,20,21)/b8-7+. The second-order valence-corrected chi connectivity index (χ2v) is 6.62. The van der Waals surface area contributed by atoms with Crippen molar-refractivity contribution in [3.63, 3.8) is 0 Å². The lowest BCUT2D eigenvalue weighted by atomic mass is 10.2. The molecule has 25 heavy (non-hydrogen) atoms. The number of furan rings is 1. The number of hydrogen-bond acceptors (Lipinski definition) is 6. The Balaban J connectivity index is 2.18. The number of rotatable bonds is 5. The molecular weight excluding hydrogens is 340 g/mol. The summed E-state index contributed by atoms with van der Waals surface area (Å²) in [6.45, 7) is 6.96. The molecule has 0 saturated heterocycles. The topological polar surface area (TPSA) is 92.3 Å². The van der Waals surface area contributed by atoms with E-state index in [4.69, 9.17) is 9.15 Å². The molecule has 0 aliphatic carbocycles. The molecule has 0 aliphatic heterocycles. The second-order valence-electron chi connectivity index (χ2n) is 5.60. The minimum atomic E-state index is -0.504. The van der Waals surface area contributed by atoms with E-state index in [2.05, 4.69) is 5.32 Å². The normalized spacial score (nSPS) is 10.9. The summed E-state index contributed by atoms with van der Waals surface area (Å²) in [6.07, 6.45) is 2.57. The summed E-state index contributed by atoms with van der Waals surface area (Å²) in [5, 5.41) is 12.3. The summed E-state index contributed by atoms with van der Waals surface area (Å²) >= 11 is 1.03. The minimum Gasteiger partial charge on any atom is -0.462 e. The van der Waals surface area contributed by atoms with Crippen LogP contribution in [0.1, 0.15) is 46.2 Å². The monoisotopic (exact) mass is 358 g/mol. The first kappa shape index (κ1) is 18.5. The quantitative estimate of drug-likeness (QED) is 0.643. The van der Waals surface area contributed by atoms with E-state index in [-0.39, 0.29) is 11.7 Å². The molecule has 2 heterocycles. The highest BCUT2D eigenvalue weighted by molar-refractivity contribution is 7.18. The number of nitrogens with zero attached hydrogens (tertiary/aromatic N) is 1. The molecule has 0 unspecified atom stereocenters. The smallest absolute Gasteiger partial charge is 0.348 e. The number of amides is 1. The fraction of sp³-hybridized carbons (Fsp3) is 0.278. The molecule has 0 bridgehead atoms. The molecule has 6 nitrogen and oxygen atoms in total. The number of nitriles is 1. The van der Waals surface area contributed by atoms with Gasteiger partial charge in [0.05, 0.1) is 11.7 Å². The van der Waals surface area contributed by atoms with Crippen LogP contribution in [0.4, 0.5) is 5.00 Å². The van der Waals surface area contributed by atoms with Crippen LogP contribution in [0.3, 0.4) is 0 Å². The molecule has 0 radical (unpaired) electrons. The molecule has 0 fully saturated rings. The van der Waals surface area contributed by atoms with Gasteiger partial charge in [0.1, 0.15) is 27.5 Å². The van der Waals surface area contributed by atoms with Crippen LogP contribution < -0.4 is 5.32 Å². The van der Waals surface area contributed by atoms with E-state index >= 15 is 0 Å². The Bertz CT molecular complexity index is 868. The van der Waals surface area contributed by atoms with Crippen molar-refractivity contribution in [1.29, 1.82) is 5.26 Å². The third-order valence-electron chi connectivity index (χ3n) is 3.18. The number of aryl methyl sites for hydroxylation is 1. The number of anilines is 1. The van der Waals surface area contributed by atoms with Gasteiger partial charge < -0.3 is 14.5 Å². The molecule has 0 spiro atoms. The van der Waals surface area contributed by atoms with E-state index in [0.717, 1.165) is 17.1 Å². The van der Waals surface area contributed by atoms with E-state index in [0.29, 0.717) is 21.2 Å². The van der Waals surface area contributed by atoms with Gasteiger partial charge in [0.25, 0.3) is 0 Å². The lowest BCUT2D eigenvalue weighted by molar-refractivity contribution is -0.111. The molecule has 0 atom stereocenters. The Morgan fingerprint density at radius 1 is 1.36 bits per heavy atom.